The fraction of sp³-hybridized carbons (Fsp3) is 0.333. The number of benzene rings is 2. The highest BCUT2D eigenvalue weighted by molar-refractivity contribution is 6.04. The molecule has 138 valence electrons. The number of hydrogen-bond acceptors (Lipinski definition) is 3. The molecule has 0 bridgehead atoms. The van der Waals surface area contributed by atoms with Crippen LogP contribution in [0.15, 0.2) is 48.5 Å². The van der Waals surface area contributed by atoms with Crippen LogP contribution < -0.4 is 10.1 Å². The largest absolute Gasteiger partial charge is 0.494 e. The summed E-state index contributed by atoms with van der Waals surface area (Å²) in [6.07, 6.45) is 0.967. The average Bonchev–Trinajstić information content (AvgIpc) is 2.61. The number of rotatable bonds is 7. The van der Waals surface area contributed by atoms with Gasteiger partial charge in [-0.3, -0.25) is 9.59 Å². The van der Waals surface area contributed by atoms with Crippen molar-refractivity contribution in [1.29, 1.82) is 0 Å². The number of nitrogens with one attached hydrogen (secondary N) is 1. The molecule has 0 aliphatic rings. The molecule has 1 N–H and O–H groups in total. The van der Waals surface area contributed by atoms with Gasteiger partial charge in [0.05, 0.1) is 6.61 Å². The Morgan fingerprint density at radius 3 is 2.35 bits per heavy atom. The molecule has 2 rings (SSSR count). The molecule has 0 radical (unpaired) electrons. The monoisotopic (exact) mass is 354 g/mol. The topological polar surface area (TPSA) is 58.6 Å². The second-order valence-corrected chi connectivity index (χ2v) is 6.79. The number of carbonyl (C=O) groups is 2. The molecular weight excluding hydrogens is 328 g/mol. The smallest absolute Gasteiger partial charge is 0.255 e. The van der Waals surface area contributed by atoms with Crippen molar-refractivity contribution >= 4 is 17.5 Å². The molecule has 0 saturated carbocycles. The third-order valence-corrected chi connectivity index (χ3v) is 3.86. The molecule has 0 saturated heterocycles. The lowest BCUT2D eigenvalue weighted by molar-refractivity contribution is 0.0827. The zero-order valence-electron chi connectivity index (χ0n) is 15.8. The lowest BCUT2D eigenvalue weighted by Crippen LogP contribution is -2.21. The molecule has 5 heteroatoms. The Hall–Kier alpha value is -2.82. The zero-order valence-corrected chi connectivity index (χ0v) is 15.8. The minimum absolute atomic E-state index is 0.0749. The average molecular weight is 354 g/mol. The van der Waals surface area contributed by atoms with Gasteiger partial charge >= 0.3 is 0 Å². The summed E-state index contributed by atoms with van der Waals surface area (Å²) in [5, 5.41) is 2.84. The number of carbonyl (C=O) groups excluding carboxylic acids is 2. The fourth-order valence-electron chi connectivity index (χ4n) is 2.30. The van der Waals surface area contributed by atoms with Crippen molar-refractivity contribution in [2.75, 3.05) is 26.0 Å². The molecule has 0 atom stereocenters. The summed E-state index contributed by atoms with van der Waals surface area (Å²) in [5.74, 6) is 0.967. The quantitative estimate of drug-likeness (QED) is 0.815. The molecular formula is C21H26N2O3. The van der Waals surface area contributed by atoms with Crippen LogP contribution in [0.3, 0.4) is 0 Å². The molecule has 0 fully saturated rings. The number of ether oxygens (including phenoxy) is 1. The number of anilines is 1. The first-order valence-corrected chi connectivity index (χ1v) is 8.72. The third-order valence-electron chi connectivity index (χ3n) is 3.86. The fourth-order valence-corrected chi connectivity index (χ4v) is 2.30. The van der Waals surface area contributed by atoms with E-state index in [0.717, 1.165) is 6.42 Å². The van der Waals surface area contributed by atoms with Crippen LogP contribution >= 0.6 is 0 Å². The summed E-state index contributed by atoms with van der Waals surface area (Å²) in [7, 11) is 3.41. The second-order valence-electron chi connectivity index (χ2n) is 6.79. The maximum absolute atomic E-state index is 12.4. The van der Waals surface area contributed by atoms with Crippen molar-refractivity contribution in [2.24, 2.45) is 5.92 Å². The Balaban J connectivity index is 2.00. The van der Waals surface area contributed by atoms with E-state index in [1.165, 1.54) is 4.90 Å². The molecule has 2 aromatic carbocycles. The summed E-state index contributed by atoms with van der Waals surface area (Å²) in [6.45, 7) is 4.92. The van der Waals surface area contributed by atoms with Crippen molar-refractivity contribution in [1.82, 2.24) is 4.90 Å². The summed E-state index contributed by atoms with van der Waals surface area (Å²) in [6, 6.07) is 14.0. The van der Waals surface area contributed by atoms with Gasteiger partial charge in [0, 0.05) is 30.9 Å². The molecule has 0 heterocycles. The SMILES string of the molecule is CC(C)CCOc1cccc(C(=O)Nc2ccc(C(=O)N(C)C)cc2)c1. The van der Waals surface area contributed by atoms with E-state index in [9.17, 15) is 9.59 Å². The highest BCUT2D eigenvalue weighted by Gasteiger charge is 2.10. The van der Waals surface area contributed by atoms with Gasteiger partial charge in [0.2, 0.25) is 0 Å². The van der Waals surface area contributed by atoms with Crippen LogP contribution in [0.1, 0.15) is 41.0 Å². The van der Waals surface area contributed by atoms with E-state index in [-0.39, 0.29) is 11.8 Å². The molecule has 2 amide bonds. The highest BCUT2D eigenvalue weighted by atomic mass is 16.5. The first kappa shape index (κ1) is 19.5. The third kappa shape index (κ3) is 5.62. The molecule has 0 aromatic heterocycles. The van der Waals surface area contributed by atoms with Crippen molar-refractivity contribution in [3.63, 3.8) is 0 Å². The first-order valence-electron chi connectivity index (χ1n) is 8.72. The van der Waals surface area contributed by atoms with Crippen LogP contribution in [0.4, 0.5) is 5.69 Å². The molecule has 0 aliphatic heterocycles. The highest BCUT2D eigenvalue weighted by Crippen LogP contribution is 2.17. The van der Waals surface area contributed by atoms with Crippen LogP contribution in [0.2, 0.25) is 0 Å². The van der Waals surface area contributed by atoms with Crippen molar-refractivity contribution in [3.8, 4) is 5.75 Å². The normalized spacial score (nSPS) is 10.5. The van der Waals surface area contributed by atoms with Crippen LogP contribution in [-0.4, -0.2) is 37.4 Å². The van der Waals surface area contributed by atoms with Crippen LogP contribution in [0.25, 0.3) is 0 Å². The lowest BCUT2D eigenvalue weighted by Gasteiger charge is -2.11. The van der Waals surface area contributed by atoms with Crippen molar-refractivity contribution in [3.05, 3.63) is 59.7 Å². The Morgan fingerprint density at radius 2 is 1.73 bits per heavy atom. The van der Waals surface area contributed by atoms with Gasteiger partial charge in [0.1, 0.15) is 5.75 Å². The minimum atomic E-state index is -0.217. The Morgan fingerprint density at radius 1 is 1.04 bits per heavy atom. The summed E-state index contributed by atoms with van der Waals surface area (Å²) in [4.78, 5) is 25.8. The number of nitrogens with zero attached hydrogens (tertiary/aromatic N) is 1. The van der Waals surface area contributed by atoms with Crippen LogP contribution in [0, 0.1) is 5.92 Å². The van der Waals surface area contributed by atoms with Gasteiger partial charge in [-0.25, -0.2) is 0 Å². The Kier molecular flexibility index (Phi) is 6.78. The van der Waals surface area contributed by atoms with Gasteiger partial charge < -0.3 is 15.0 Å². The maximum atomic E-state index is 12.4. The van der Waals surface area contributed by atoms with Gasteiger partial charge in [0.15, 0.2) is 0 Å². The van der Waals surface area contributed by atoms with Gasteiger partial charge in [0.25, 0.3) is 11.8 Å². The summed E-state index contributed by atoms with van der Waals surface area (Å²) in [5.41, 5.74) is 1.74. The van der Waals surface area contributed by atoms with Gasteiger partial charge in [-0.05, 0) is 54.8 Å². The van der Waals surface area contributed by atoms with E-state index < -0.39 is 0 Å². The van der Waals surface area contributed by atoms with Crippen molar-refractivity contribution < 1.29 is 14.3 Å². The van der Waals surface area contributed by atoms with E-state index in [4.69, 9.17) is 4.74 Å². The van der Waals surface area contributed by atoms with E-state index in [2.05, 4.69) is 19.2 Å². The van der Waals surface area contributed by atoms with Crippen molar-refractivity contribution in [2.45, 2.75) is 20.3 Å². The lowest BCUT2D eigenvalue weighted by atomic mass is 10.1. The second kappa shape index (κ2) is 9.04. The van der Waals surface area contributed by atoms with Crippen LogP contribution in [0.5, 0.6) is 5.75 Å². The van der Waals surface area contributed by atoms with E-state index in [1.807, 2.05) is 6.07 Å². The van der Waals surface area contributed by atoms with Gasteiger partial charge in [-0.2, -0.15) is 0 Å². The van der Waals surface area contributed by atoms with E-state index in [1.54, 1.807) is 56.6 Å². The molecule has 0 aliphatic carbocycles. The maximum Gasteiger partial charge on any atom is 0.255 e. The Labute approximate surface area is 155 Å². The standard InChI is InChI=1S/C21H26N2O3/c1-15(2)12-13-26-19-7-5-6-17(14-19)20(24)22-18-10-8-16(9-11-18)21(25)23(3)4/h5-11,14-15H,12-13H2,1-4H3,(H,22,24). The molecule has 26 heavy (non-hydrogen) atoms. The molecule has 0 spiro atoms. The van der Waals surface area contributed by atoms with Crippen LogP contribution in [-0.2, 0) is 0 Å². The number of hydrogen-bond donors (Lipinski definition) is 1. The molecule has 0 unspecified atom stereocenters. The number of amides is 2. The molecule has 5 nitrogen and oxygen atoms in total. The Bertz CT molecular complexity index is 752. The molecule has 2 aromatic rings. The van der Waals surface area contributed by atoms with E-state index in [0.29, 0.717) is 35.1 Å². The minimum Gasteiger partial charge on any atom is -0.494 e. The predicted octanol–water partition coefficient (Wildman–Crippen LogP) is 4.07. The van der Waals surface area contributed by atoms with Gasteiger partial charge in [-0.15, -0.1) is 0 Å². The van der Waals surface area contributed by atoms with E-state index >= 15 is 0 Å². The zero-order chi connectivity index (χ0) is 19.1. The predicted molar refractivity (Wildman–Crippen MR) is 104 cm³/mol. The summed E-state index contributed by atoms with van der Waals surface area (Å²) >= 11 is 0. The van der Waals surface area contributed by atoms with Gasteiger partial charge in [-0.1, -0.05) is 19.9 Å². The first-order chi connectivity index (χ1) is 12.4. The summed E-state index contributed by atoms with van der Waals surface area (Å²) < 4.78 is 5.70.